The predicted molar refractivity (Wildman–Crippen MR) is 61.6 cm³/mol. The van der Waals surface area contributed by atoms with Crippen LogP contribution in [0.2, 0.25) is 0 Å². The van der Waals surface area contributed by atoms with Gasteiger partial charge in [-0.2, -0.15) is 0 Å². The van der Waals surface area contributed by atoms with Crippen molar-refractivity contribution in [3.8, 4) is 5.75 Å². The summed E-state index contributed by atoms with van der Waals surface area (Å²) in [5.74, 6) is -0.0112. The summed E-state index contributed by atoms with van der Waals surface area (Å²) in [6, 6.07) is 1.41. The molecular weight excluding hydrogens is 220 g/mol. The highest BCUT2D eigenvalue weighted by molar-refractivity contribution is 5.94. The van der Waals surface area contributed by atoms with Crippen molar-refractivity contribution in [2.24, 2.45) is 5.92 Å². The van der Waals surface area contributed by atoms with Gasteiger partial charge in [-0.1, -0.05) is 0 Å². The minimum absolute atomic E-state index is 0.0119. The van der Waals surface area contributed by atoms with Gasteiger partial charge in [-0.15, -0.1) is 0 Å². The van der Waals surface area contributed by atoms with Crippen molar-refractivity contribution >= 4 is 5.91 Å². The first kappa shape index (κ1) is 11.9. The number of carbonyl (C=O) groups is 1. The van der Waals surface area contributed by atoms with Crippen LogP contribution < -0.4 is 0 Å². The number of pyridine rings is 1. The maximum Gasteiger partial charge on any atom is 0.255 e. The summed E-state index contributed by atoms with van der Waals surface area (Å²) < 4.78 is 0. The number of aliphatic hydroxyl groups excluding tert-OH is 1. The van der Waals surface area contributed by atoms with Gasteiger partial charge >= 0.3 is 0 Å². The van der Waals surface area contributed by atoms with Crippen LogP contribution in [0.25, 0.3) is 0 Å². The standard InChI is InChI=1S/C12H16N2O3/c1-8(15)9-2-3-14(7-9)12(17)10-4-11(16)6-13-5-10/h4-6,8-9,15-16H,2-3,7H2,1H3. The second kappa shape index (κ2) is 4.71. The predicted octanol–water partition coefficient (Wildman–Crippen LogP) is 0.630. The maximum absolute atomic E-state index is 12.1. The van der Waals surface area contributed by atoms with Crippen LogP contribution in [0.5, 0.6) is 5.75 Å². The Hall–Kier alpha value is -1.62. The maximum atomic E-state index is 12.1. The number of hydrogen-bond acceptors (Lipinski definition) is 4. The van der Waals surface area contributed by atoms with Gasteiger partial charge in [-0.25, -0.2) is 0 Å². The Kier molecular flexibility index (Phi) is 3.28. The Morgan fingerprint density at radius 1 is 1.59 bits per heavy atom. The molecule has 1 aromatic heterocycles. The van der Waals surface area contributed by atoms with E-state index in [2.05, 4.69) is 4.98 Å². The van der Waals surface area contributed by atoms with Crippen molar-refractivity contribution in [2.45, 2.75) is 19.4 Å². The summed E-state index contributed by atoms with van der Waals surface area (Å²) in [4.78, 5) is 17.5. The van der Waals surface area contributed by atoms with Gasteiger partial charge in [-0.05, 0) is 19.4 Å². The number of aromatic nitrogens is 1. The molecule has 5 heteroatoms. The third-order valence-electron chi connectivity index (χ3n) is 3.16. The first-order valence-corrected chi connectivity index (χ1v) is 5.69. The average Bonchev–Trinajstić information content (AvgIpc) is 2.77. The number of likely N-dealkylation sites (tertiary alicyclic amines) is 1. The van der Waals surface area contributed by atoms with E-state index in [0.29, 0.717) is 18.7 Å². The number of rotatable bonds is 2. The quantitative estimate of drug-likeness (QED) is 0.790. The first-order valence-electron chi connectivity index (χ1n) is 5.69. The normalized spacial score (nSPS) is 21.5. The van der Waals surface area contributed by atoms with Crippen molar-refractivity contribution in [3.63, 3.8) is 0 Å². The highest BCUT2D eigenvalue weighted by Gasteiger charge is 2.29. The Morgan fingerprint density at radius 3 is 2.94 bits per heavy atom. The monoisotopic (exact) mass is 236 g/mol. The van der Waals surface area contributed by atoms with Crippen LogP contribution in [0.15, 0.2) is 18.5 Å². The van der Waals surface area contributed by atoms with E-state index in [9.17, 15) is 15.0 Å². The van der Waals surface area contributed by atoms with Gasteiger partial charge in [0.2, 0.25) is 0 Å². The second-order valence-electron chi connectivity index (χ2n) is 4.47. The van der Waals surface area contributed by atoms with Gasteiger partial charge in [0.1, 0.15) is 5.75 Å². The van der Waals surface area contributed by atoms with Crippen LogP contribution >= 0.6 is 0 Å². The highest BCUT2D eigenvalue weighted by Crippen LogP contribution is 2.22. The average molecular weight is 236 g/mol. The van der Waals surface area contributed by atoms with E-state index in [-0.39, 0.29) is 17.6 Å². The number of aromatic hydroxyl groups is 1. The van der Waals surface area contributed by atoms with Gasteiger partial charge < -0.3 is 15.1 Å². The van der Waals surface area contributed by atoms with Crippen LogP contribution in [0.3, 0.4) is 0 Å². The molecule has 5 nitrogen and oxygen atoms in total. The fourth-order valence-corrected chi connectivity index (χ4v) is 2.09. The molecule has 0 saturated carbocycles. The largest absolute Gasteiger partial charge is 0.506 e. The highest BCUT2D eigenvalue weighted by atomic mass is 16.3. The van der Waals surface area contributed by atoms with E-state index >= 15 is 0 Å². The summed E-state index contributed by atoms with van der Waals surface area (Å²) in [6.45, 7) is 2.95. The molecule has 0 aliphatic carbocycles. The molecule has 0 aromatic carbocycles. The number of hydrogen-bond donors (Lipinski definition) is 2. The van der Waals surface area contributed by atoms with Crippen molar-refractivity contribution in [3.05, 3.63) is 24.0 Å². The minimum Gasteiger partial charge on any atom is -0.506 e. The Morgan fingerprint density at radius 2 is 2.35 bits per heavy atom. The summed E-state index contributed by atoms with van der Waals surface area (Å²) in [5, 5.41) is 18.7. The molecule has 1 fully saturated rings. The van der Waals surface area contributed by atoms with Crippen molar-refractivity contribution in [2.75, 3.05) is 13.1 Å². The molecule has 2 N–H and O–H groups in total. The van der Waals surface area contributed by atoms with Crippen LogP contribution in [0, 0.1) is 5.92 Å². The summed E-state index contributed by atoms with van der Waals surface area (Å²) in [6.07, 6.45) is 3.15. The molecular formula is C12H16N2O3. The first-order chi connectivity index (χ1) is 8.08. The van der Waals surface area contributed by atoms with Crippen molar-refractivity contribution < 1.29 is 15.0 Å². The summed E-state index contributed by atoms with van der Waals surface area (Å²) >= 11 is 0. The number of aliphatic hydroxyl groups is 1. The lowest BCUT2D eigenvalue weighted by atomic mass is 10.0. The van der Waals surface area contributed by atoms with E-state index in [1.54, 1.807) is 11.8 Å². The number of carbonyl (C=O) groups excluding carboxylic acids is 1. The van der Waals surface area contributed by atoms with Gasteiger partial charge in [0.05, 0.1) is 17.9 Å². The van der Waals surface area contributed by atoms with Crippen molar-refractivity contribution in [1.29, 1.82) is 0 Å². The topological polar surface area (TPSA) is 73.7 Å². The lowest BCUT2D eigenvalue weighted by Gasteiger charge is -2.17. The zero-order chi connectivity index (χ0) is 12.4. The molecule has 1 aliphatic heterocycles. The van der Waals surface area contributed by atoms with Gasteiger partial charge in [0.25, 0.3) is 5.91 Å². The molecule has 0 spiro atoms. The zero-order valence-corrected chi connectivity index (χ0v) is 9.71. The Balaban J connectivity index is 2.07. The number of nitrogens with zero attached hydrogens (tertiary/aromatic N) is 2. The van der Waals surface area contributed by atoms with Crippen LogP contribution in [-0.2, 0) is 0 Å². The third-order valence-corrected chi connectivity index (χ3v) is 3.16. The zero-order valence-electron chi connectivity index (χ0n) is 9.71. The molecule has 2 atom stereocenters. The van der Waals surface area contributed by atoms with Crippen LogP contribution in [0.4, 0.5) is 0 Å². The van der Waals surface area contributed by atoms with Gasteiger partial charge in [-0.3, -0.25) is 9.78 Å². The van der Waals surface area contributed by atoms with E-state index in [1.807, 2.05) is 0 Å². The molecule has 92 valence electrons. The van der Waals surface area contributed by atoms with E-state index in [4.69, 9.17) is 0 Å². The lowest BCUT2D eigenvalue weighted by Crippen LogP contribution is -2.30. The third kappa shape index (κ3) is 2.55. The minimum atomic E-state index is -0.393. The van der Waals surface area contributed by atoms with Crippen molar-refractivity contribution in [1.82, 2.24) is 9.88 Å². The molecule has 17 heavy (non-hydrogen) atoms. The molecule has 0 radical (unpaired) electrons. The molecule has 1 aliphatic rings. The van der Waals surface area contributed by atoms with Gasteiger partial charge in [0.15, 0.2) is 0 Å². The SMILES string of the molecule is CC(O)C1CCN(C(=O)c2cncc(O)c2)C1. The van der Waals surface area contributed by atoms with Gasteiger partial charge in [0, 0.05) is 25.2 Å². The van der Waals surface area contributed by atoms with Crippen LogP contribution in [-0.4, -0.2) is 45.2 Å². The molecule has 1 saturated heterocycles. The molecule has 2 heterocycles. The van der Waals surface area contributed by atoms with E-state index < -0.39 is 6.10 Å². The Bertz CT molecular complexity index is 420. The molecule has 1 amide bonds. The fraction of sp³-hybridized carbons (Fsp3) is 0.500. The summed E-state index contributed by atoms with van der Waals surface area (Å²) in [5.41, 5.74) is 0.385. The molecule has 0 bridgehead atoms. The van der Waals surface area contributed by atoms with E-state index in [1.165, 1.54) is 18.5 Å². The lowest BCUT2D eigenvalue weighted by molar-refractivity contribution is 0.0761. The van der Waals surface area contributed by atoms with Crippen LogP contribution in [0.1, 0.15) is 23.7 Å². The Labute approximate surface area is 99.7 Å². The summed E-state index contributed by atoms with van der Waals surface area (Å²) in [7, 11) is 0. The molecule has 2 rings (SSSR count). The smallest absolute Gasteiger partial charge is 0.255 e. The number of amides is 1. The second-order valence-corrected chi connectivity index (χ2v) is 4.47. The van der Waals surface area contributed by atoms with E-state index in [0.717, 1.165) is 6.42 Å². The molecule has 1 aromatic rings. The fourth-order valence-electron chi connectivity index (χ4n) is 2.09. The molecule has 2 unspecified atom stereocenters.